The summed E-state index contributed by atoms with van der Waals surface area (Å²) in [5, 5.41) is 0. The third-order valence-electron chi connectivity index (χ3n) is 4.36. The molecular weight excluding hydrogens is 300 g/mol. The Balaban J connectivity index is 2.55. The van der Waals surface area contributed by atoms with Crippen LogP contribution in [0.5, 0.6) is 11.5 Å². The van der Waals surface area contributed by atoms with Crippen LogP contribution in [0.2, 0.25) is 0 Å². The predicted octanol–water partition coefficient (Wildman–Crippen LogP) is 3.89. The van der Waals surface area contributed by atoms with Crippen molar-refractivity contribution in [2.75, 3.05) is 39.8 Å². The van der Waals surface area contributed by atoms with Gasteiger partial charge in [-0.3, -0.25) is 0 Å². The number of anilines is 1. The summed E-state index contributed by atoms with van der Waals surface area (Å²) in [5.41, 5.74) is 10.3. The second-order valence-electron chi connectivity index (χ2n) is 6.22. The van der Waals surface area contributed by atoms with Crippen LogP contribution in [0.4, 0.5) is 5.69 Å². The Kier molecular flexibility index (Phi) is 6.10. The summed E-state index contributed by atoms with van der Waals surface area (Å²) in [4.78, 5) is 2.08. The molecule has 0 fully saturated rings. The van der Waals surface area contributed by atoms with E-state index in [1.807, 2.05) is 14.1 Å². The van der Waals surface area contributed by atoms with Gasteiger partial charge < -0.3 is 20.1 Å². The number of benzene rings is 2. The topological polar surface area (TPSA) is 47.7 Å². The Morgan fingerprint density at radius 1 is 1.04 bits per heavy atom. The highest BCUT2D eigenvalue weighted by atomic mass is 16.5. The van der Waals surface area contributed by atoms with Crippen LogP contribution in [-0.4, -0.2) is 34.9 Å². The molecule has 0 aromatic heterocycles. The van der Waals surface area contributed by atoms with E-state index in [-0.39, 0.29) is 0 Å². The van der Waals surface area contributed by atoms with E-state index in [2.05, 4.69) is 48.2 Å². The molecule has 0 spiro atoms. The van der Waals surface area contributed by atoms with Gasteiger partial charge in [0.15, 0.2) is 11.5 Å². The van der Waals surface area contributed by atoms with Crippen molar-refractivity contribution in [1.82, 2.24) is 0 Å². The molecule has 0 aliphatic heterocycles. The van der Waals surface area contributed by atoms with Crippen molar-refractivity contribution in [3.63, 3.8) is 0 Å². The molecule has 24 heavy (non-hydrogen) atoms. The third-order valence-corrected chi connectivity index (χ3v) is 4.36. The summed E-state index contributed by atoms with van der Waals surface area (Å²) in [6.07, 6.45) is 0.939. The normalized spacial score (nSPS) is 11.9. The van der Waals surface area contributed by atoms with Gasteiger partial charge in [0.1, 0.15) is 0 Å². The highest BCUT2D eigenvalue weighted by Gasteiger charge is 2.17. The van der Waals surface area contributed by atoms with Crippen LogP contribution in [0.15, 0.2) is 36.4 Å². The minimum atomic E-state index is 0.370. The zero-order valence-electron chi connectivity index (χ0n) is 15.3. The predicted molar refractivity (Wildman–Crippen MR) is 101 cm³/mol. The third kappa shape index (κ3) is 3.82. The van der Waals surface area contributed by atoms with Gasteiger partial charge in [0.25, 0.3) is 0 Å². The van der Waals surface area contributed by atoms with Gasteiger partial charge in [0.05, 0.1) is 14.2 Å². The lowest BCUT2D eigenvalue weighted by molar-refractivity contribution is 0.355. The summed E-state index contributed by atoms with van der Waals surface area (Å²) in [5.74, 6) is 1.89. The van der Waals surface area contributed by atoms with Gasteiger partial charge in [-0.25, -0.2) is 0 Å². The highest BCUT2D eigenvalue weighted by molar-refractivity contribution is 5.76. The number of methoxy groups -OCH3 is 2. The van der Waals surface area contributed by atoms with Gasteiger partial charge >= 0.3 is 0 Å². The second kappa shape index (κ2) is 8.06. The lowest BCUT2D eigenvalue weighted by Crippen LogP contribution is -2.08. The highest BCUT2D eigenvalue weighted by Crippen LogP contribution is 2.41. The molecule has 0 saturated carbocycles. The molecule has 0 saturated heterocycles. The molecule has 0 bridgehead atoms. The van der Waals surface area contributed by atoms with Crippen molar-refractivity contribution < 1.29 is 9.47 Å². The van der Waals surface area contributed by atoms with Gasteiger partial charge in [0.2, 0.25) is 0 Å². The second-order valence-corrected chi connectivity index (χ2v) is 6.22. The van der Waals surface area contributed by atoms with E-state index in [4.69, 9.17) is 15.2 Å². The Morgan fingerprint density at radius 2 is 1.71 bits per heavy atom. The molecule has 1 unspecified atom stereocenters. The van der Waals surface area contributed by atoms with Gasteiger partial charge in [-0.2, -0.15) is 0 Å². The first-order valence-corrected chi connectivity index (χ1v) is 8.25. The van der Waals surface area contributed by atoms with Crippen molar-refractivity contribution in [1.29, 1.82) is 0 Å². The Hall–Kier alpha value is -2.20. The van der Waals surface area contributed by atoms with Crippen LogP contribution in [0.3, 0.4) is 0 Å². The van der Waals surface area contributed by atoms with Crippen LogP contribution >= 0.6 is 0 Å². The summed E-state index contributed by atoms with van der Waals surface area (Å²) in [7, 11) is 7.42. The maximum atomic E-state index is 5.73. The van der Waals surface area contributed by atoms with Gasteiger partial charge in [0, 0.05) is 25.3 Å². The molecule has 2 aromatic rings. The van der Waals surface area contributed by atoms with E-state index in [0.717, 1.165) is 34.7 Å². The molecule has 130 valence electrons. The summed E-state index contributed by atoms with van der Waals surface area (Å²) in [6.45, 7) is 2.86. The summed E-state index contributed by atoms with van der Waals surface area (Å²) < 4.78 is 11.2. The number of ether oxygens (including phenoxy) is 2. The van der Waals surface area contributed by atoms with Gasteiger partial charge in [-0.05, 0) is 54.3 Å². The molecule has 0 aliphatic carbocycles. The molecule has 0 aliphatic rings. The zero-order valence-corrected chi connectivity index (χ0v) is 15.3. The van der Waals surface area contributed by atoms with Crippen LogP contribution in [0, 0.1) is 0 Å². The molecule has 2 N–H and O–H groups in total. The summed E-state index contributed by atoms with van der Waals surface area (Å²) >= 11 is 0. The minimum absolute atomic E-state index is 0.370. The standard InChI is InChI=1S/C20H28N2O2/c1-14(10-11-21)16-12-18(20(24-5)19(13-16)23-4)15-6-8-17(9-7-15)22(2)3/h6-9,12-14H,10-11,21H2,1-5H3. The van der Waals surface area contributed by atoms with E-state index in [0.29, 0.717) is 12.5 Å². The van der Waals surface area contributed by atoms with E-state index in [1.165, 1.54) is 5.56 Å². The molecule has 4 nitrogen and oxygen atoms in total. The Morgan fingerprint density at radius 3 is 2.21 bits per heavy atom. The van der Waals surface area contributed by atoms with Crippen LogP contribution in [-0.2, 0) is 0 Å². The van der Waals surface area contributed by atoms with Crippen molar-refractivity contribution >= 4 is 5.69 Å². The van der Waals surface area contributed by atoms with E-state index >= 15 is 0 Å². The van der Waals surface area contributed by atoms with E-state index < -0.39 is 0 Å². The van der Waals surface area contributed by atoms with Gasteiger partial charge in [-0.1, -0.05) is 19.1 Å². The lowest BCUT2D eigenvalue weighted by Gasteiger charge is -2.19. The number of hydrogen-bond acceptors (Lipinski definition) is 4. The lowest BCUT2D eigenvalue weighted by atomic mass is 9.93. The maximum absolute atomic E-state index is 5.73. The number of hydrogen-bond donors (Lipinski definition) is 1. The molecule has 1 atom stereocenters. The average molecular weight is 328 g/mol. The van der Waals surface area contributed by atoms with Crippen LogP contribution in [0.25, 0.3) is 11.1 Å². The smallest absolute Gasteiger partial charge is 0.168 e. The molecule has 0 radical (unpaired) electrons. The SMILES string of the molecule is COc1cc(C(C)CCN)cc(-c2ccc(N(C)C)cc2)c1OC. The molecule has 0 amide bonds. The van der Waals surface area contributed by atoms with Gasteiger partial charge in [-0.15, -0.1) is 0 Å². The minimum Gasteiger partial charge on any atom is -0.493 e. The maximum Gasteiger partial charge on any atom is 0.168 e. The van der Waals surface area contributed by atoms with E-state index in [9.17, 15) is 0 Å². The fourth-order valence-corrected chi connectivity index (χ4v) is 2.84. The molecule has 0 heterocycles. The Labute approximate surface area is 145 Å². The quantitative estimate of drug-likeness (QED) is 0.838. The largest absolute Gasteiger partial charge is 0.493 e. The number of nitrogens with two attached hydrogens (primary N) is 1. The molecule has 2 aromatic carbocycles. The molecule has 2 rings (SSSR count). The fraction of sp³-hybridized carbons (Fsp3) is 0.400. The van der Waals surface area contributed by atoms with Crippen LogP contribution < -0.4 is 20.1 Å². The van der Waals surface area contributed by atoms with Crippen LogP contribution in [0.1, 0.15) is 24.8 Å². The van der Waals surface area contributed by atoms with Crippen molar-refractivity contribution in [2.24, 2.45) is 5.73 Å². The van der Waals surface area contributed by atoms with Crippen molar-refractivity contribution in [2.45, 2.75) is 19.3 Å². The average Bonchev–Trinajstić information content (AvgIpc) is 2.60. The number of rotatable bonds is 7. The monoisotopic (exact) mass is 328 g/mol. The first-order chi connectivity index (χ1) is 11.5. The van der Waals surface area contributed by atoms with Crippen molar-refractivity contribution in [3.8, 4) is 22.6 Å². The summed E-state index contributed by atoms with van der Waals surface area (Å²) in [6, 6.07) is 12.7. The molecule has 4 heteroatoms. The molecular formula is C20H28N2O2. The number of nitrogens with zero attached hydrogens (tertiary/aromatic N) is 1. The zero-order chi connectivity index (χ0) is 17.7. The first-order valence-electron chi connectivity index (χ1n) is 8.25. The van der Waals surface area contributed by atoms with E-state index in [1.54, 1.807) is 14.2 Å². The Bertz CT molecular complexity index is 666. The first kappa shape index (κ1) is 18.1. The fourth-order valence-electron chi connectivity index (χ4n) is 2.84. The van der Waals surface area contributed by atoms with Crippen molar-refractivity contribution in [3.05, 3.63) is 42.0 Å².